The first-order valence-electron chi connectivity index (χ1n) is 5.30. The van der Waals surface area contributed by atoms with Gasteiger partial charge in [0.1, 0.15) is 5.82 Å². The Balaban J connectivity index is 2.33. The molecule has 0 amide bonds. The molecule has 3 nitrogen and oxygen atoms in total. The lowest BCUT2D eigenvalue weighted by atomic mass is 10.2. The molecule has 4 heteroatoms. The quantitative estimate of drug-likeness (QED) is 0.937. The average Bonchev–Trinajstić information content (AvgIpc) is 2.62. The van der Waals surface area contributed by atoms with Crippen LogP contribution in [0, 0.1) is 0 Å². The van der Waals surface area contributed by atoms with E-state index >= 15 is 0 Å². The molecule has 2 rings (SSSR count). The first kappa shape index (κ1) is 11.2. The molecule has 0 atom stereocenters. The van der Waals surface area contributed by atoms with Gasteiger partial charge in [-0.1, -0.05) is 35.0 Å². The van der Waals surface area contributed by atoms with Crippen molar-refractivity contribution in [2.24, 2.45) is 0 Å². The minimum atomic E-state index is 0.722. The van der Waals surface area contributed by atoms with Gasteiger partial charge in [-0.2, -0.15) is 5.10 Å². The number of benzene rings is 1. The van der Waals surface area contributed by atoms with E-state index < -0.39 is 0 Å². The molecular formula is C12H14BrN3. The van der Waals surface area contributed by atoms with Crippen LogP contribution in [-0.4, -0.2) is 9.78 Å². The molecule has 84 valence electrons. The maximum Gasteiger partial charge on any atom is 0.122 e. The zero-order valence-electron chi connectivity index (χ0n) is 9.15. The number of nitrogens with two attached hydrogens (primary N) is 1. The van der Waals surface area contributed by atoms with Crippen molar-refractivity contribution in [2.45, 2.75) is 19.9 Å². The Bertz CT molecular complexity index is 474. The standard InChI is InChI=1S/C12H14BrN3/c1-2-7-16-12(14)8-11(15-16)9-3-5-10(13)6-4-9/h3-6,8H,2,7,14H2,1H3. The van der Waals surface area contributed by atoms with E-state index in [0.29, 0.717) is 0 Å². The van der Waals surface area contributed by atoms with Crippen molar-refractivity contribution in [3.05, 3.63) is 34.8 Å². The van der Waals surface area contributed by atoms with Crippen LogP contribution in [0.15, 0.2) is 34.8 Å². The van der Waals surface area contributed by atoms with E-state index in [-0.39, 0.29) is 0 Å². The number of hydrogen-bond donors (Lipinski definition) is 1. The molecule has 2 N–H and O–H groups in total. The molecular weight excluding hydrogens is 266 g/mol. The lowest BCUT2D eigenvalue weighted by Gasteiger charge is -1.99. The fourth-order valence-electron chi connectivity index (χ4n) is 1.58. The molecule has 0 bridgehead atoms. The van der Waals surface area contributed by atoms with E-state index in [2.05, 4.69) is 28.0 Å². The third-order valence-electron chi connectivity index (χ3n) is 2.39. The van der Waals surface area contributed by atoms with Crippen LogP contribution in [0.25, 0.3) is 11.3 Å². The summed E-state index contributed by atoms with van der Waals surface area (Å²) in [7, 11) is 0. The van der Waals surface area contributed by atoms with E-state index in [1.54, 1.807) is 0 Å². The lowest BCUT2D eigenvalue weighted by Crippen LogP contribution is -2.03. The molecule has 0 aliphatic rings. The highest BCUT2D eigenvalue weighted by molar-refractivity contribution is 9.10. The highest BCUT2D eigenvalue weighted by atomic mass is 79.9. The van der Waals surface area contributed by atoms with Gasteiger partial charge in [-0.15, -0.1) is 0 Å². The third-order valence-corrected chi connectivity index (χ3v) is 2.92. The van der Waals surface area contributed by atoms with E-state index in [0.717, 1.165) is 34.5 Å². The fourth-order valence-corrected chi connectivity index (χ4v) is 1.85. The minimum absolute atomic E-state index is 0.722. The second kappa shape index (κ2) is 4.70. The Kier molecular flexibility index (Phi) is 3.29. The Morgan fingerprint density at radius 3 is 2.62 bits per heavy atom. The van der Waals surface area contributed by atoms with Crippen LogP contribution < -0.4 is 5.73 Å². The molecule has 0 spiro atoms. The Hall–Kier alpha value is -1.29. The number of halogens is 1. The van der Waals surface area contributed by atoms with Crippen molar-refractivity contribution in [1.82, 2.24) is 9.78 Å². The van der Waals surface area contributed by atoms with Crippen LogP contribution in [0.5, 0.6) is 0 Å². The van der Waals surface area contributed by atoms with Crippen molar-refractivity contribution >= 4 is 21.7 Å². The van der Waals surface area contributed by atoms with Gasteiger partial charge in [0.2, 0.25) is 0 Å². The Morgan fingerprint density at radius 2 is 2.00 bits per heavy atom. The van der Waals surface area contributed by atoms with Crippen LogP contribution in [0.3, 0.4) is 0 Å². The van der Waals surface area contributed by atoms with Crippen LogP contribution in [-0.2, 0) is 6.54 Å². The summed E-state index contributed by atoms with van der Waals surface area (Å²) in [5.74, 6) is 0.722. The molecule has 0 aliphatic heterocycles. The summed E-state index contributed by atoms with van der Waals surface area (Å²) in [5.41, 5.74) is 7.90. The summed E-state index contributed by atoms with van der Waals surface area (Å²) in [4.78, 5) is 0. The van der Waals surface area contributed by atoms with Crippen LogP contribution in [0.4, 0.5) is 5.82 Å². The summed E-state index contributed by atoms with van der Waals surface area (Å²) in [5, 5.41) is 4.48. The lowest BCUT2D eigenvalue weighted by molar-refractivity contribution is 0.613. The summed E-state index contributed by atoms with van der Waals surface area (Å²) in [6, 6.07) is 9.98. The van der Waals surface area contributed by atoms with Gasteiger partial charge in [0.15, 0.2) is 0 Å². The zero-order valence-corrected chi connectivity index (χ0v) is 10.7. The van der Waals surface area contributed by atoms with Gasteiger partial charge in [0.25, 0.3) is 0 Å². The molecule has 16 heavy (non-hydrogen) atoms. The van der Waals surface area contributed by atoms with Crippen LogP contribution in [0.2, 0.25) is 0 Å². The van der Waals surface area contributed by atoms with Crippen molar-refractivity contribution in [3.63, 3.8) is 0 Å². The number of anilines is 1. The topological polar surface area (TPSA) is 43.8 Å². The van der Waals surface area contributed by atoms with Gasteiger partial charge < -0.3 is 5.73 Å². The second-order valence-electron chi connectivity index (χ2n) is 3.68. The number of aromatic nitrogens is 2. The summed E-state index contributed by atoms with van der Waals surface area (Å²) in [6.45, 7) is 2.97. The molecule has 1 aromatic heterocycles. The van der Waals surface area contributed by atoms with Gasteiger partial charge in [0.05, 0.1) is 5.69 Å². The Labute approximate surface area is 103 Å². The second-order valence-corrected chi connectivity index (χ2v) is 4.60. The molecule has 1 aromatic carbocycles. The molecule has 2 aromatic rings. The van der Waals surface area contributed by atoms with E-state index in [9.17, 15) is 0 Å². The summed E-state index contributed by atoms with van der Waals surface area (Å²) < 4.78 is 2.91. The molecule has 1 heterocycles. The zero-order chi connectivity index (χ0) is 11.5. The molecule has 0 aliphatic carbocycles. The van der Waals surface area contributed by atoms with E-state index in [4.69, 9.17) is 5.73 Å². The smallest absolute Gasteiger partial charge is 0.122 e. The molecule has 0 unspecified atom stereocenters. The van der Waals surface area contributed by atoms with Crippen molar-refractivity contribution in [3.8, 4) is 11.3 Å². The van der Waals surface area contributed by atoms with Crippen LogP contribution in [0.1, 0.15) is 13.3 Å². The average molecular weight is 280 g/mol. The number of rotatable bonds is 3. The minimum Gasteiger partial charge on any atom is -0.384 e. The fraction of sp³-hybridized carbons (Fsp3) is 0.250. The first-order valence-corrected chi connectivity index (χ1v) is 6.09. The highest BCUT2D eigenvalue weighted by Crippen LogP contribution is 2.22. The Morgan fingerprint density at radius 1 is 1.31 bits per heavy atom. The van der Waals surface area contributed by atoms with Gasteiger partial charge in [-0.3, -0.25) is 0 Å². The maximum atomic E-state index is 5.89. The van der Waals surface area contributed by atoms with Crippen molar-refractivity contribution in [1.29, 1.82) is 0 Å². The monoisotopic (exact) mass is 279 g/mol. The third kappa shape index (κ3) is 2.27. The van der Waals surface area contributed by atoms with E-state index in [1.165, 1.54) is 0 Å². The summed E-state index contributed by atoms with van der Waals surface area (Å²) in [6.07, 6.45) is 1.03. The number of aryl methyl sites for hydroxylation is 1. The maximum absolute atomic E-state index is 5.89. The highest BCUT2D eigenvalue weighted by Gasteiger charge is 2.06. The number of hydrogen-bond acceptors (Lipinski definition) is 2. The largest absolute Gasteiger partial charge is 0.384 e. The van der Waals surface area contributed by atoms with Crippen molar-refractivity contribution in [2.75, 3.05) is 5.73 Å². The first-order chi connectivity index (χ1) is 7.70. The van der Waals surface area contributed by atoms with Gasteiger partial charge in [-0.25, -0.2) is 4.68 Å². The normalized spacial score (nSPS) is 10.6. The SMILES string of the molecule is CCCn1nc(-c2ccc(Br)cc2)cc1N. The van der Waals surface area contributed by atoms with E-state index in [1.807, 2.05) is 35.0 Å². The summed E-state index contributed by atoms with van der Waals surface area (Å²) >= 11 is 3.41. The molecule has 0 saturated heterocycles. The predicted octanol–water partition coefficient (Wildman–Crippen LogP) is 3.30. The van der Waals surface area contributed by atoms with Gasteiger partial charge in [-0.05, 0) is 18.6 Å². The molecule has 0 fully saturated rings. The van der Waals surface area contributed by atoms with Gasteiger partial charge >= 0.3 is 0 Å². The molecule has 0 radical (unpaired) electrons. The molecule has 0 saturated carbocycles. The van der Waals surface area contributed by atoms with Gasteiger partial charge in [0, 0.05) is 22.6 Å². The van der Waals surface area contributed by atoms with Crippen LogP contribution >= 0.6 is 15.9 Å². The van der Waals surface area contributed by atoms with Crippen molar-refractivity contribution < 1.29 is 0 Å². The predicted molar refractivity (Wildman–Crippen MR) is 70.1 cm³/mol. The number of nitrogen functional groups attached to an aromatic ring is 1. The number of nitrogens with zero attached hydrogens (tertiary/aromatic N) is 2.